The van der Waals surface area contributed by atoms with E-state index in [2.05, 4.69) is 20.4 Å². The van der Waals surface area contributed by atoms with Crippen molar-refractivity contribution in [2.24, 2.45) is 0 Å². The van der Waals surface area contributed by atoms with Gasteiger partial charge in [-0.3, -0.25) is 9.48 Å². The molecule has 1 atom stereocenters. The molecule has 1 aliphatic heterocycles. The lowest BCUT2D eigenvalue weighted by Gasteiger charge is -2.21. The number of carbonyl (C=O) groups is 1. The van der Waals surface area contributed by atoms with E-state index in [-0.39, 0.29) is 18.6 Å². The van der Waals surface area contributed by atoms with Gasteiger partial charge in [-0.25, -0.2) is 9.97 Å². The lowest BCUT2D eigenvalue weighted by Crippen LogP contribution is -2.28. The molecule has 1 saturated heterocycles. The van der Waals surface area contributed by atoms with Crippen molar-refractivity contribution in [2.75, 3.05) is 6.61 Å². The highest BCUT2D eigenvalue weighted by molar-refractivity contribution is 5.75. The van der Waals surface area contributed by atoms with Crippen LogP contribution in [0.1, 0.15) is 48.1 Å². The Hall–Kier alpha value is -2.28. The molecule has 1 fully saturated rings. The topological polar surface area (TPSA) is 81.9 Å². The van der Waals surface area contributed by atoms with Crippen molar-refractivity contribution in [3.63, 3.8) is 0 Å². The van der Waals surface area contributed by atoms with Crippen molar-refractivity contribution in [2.45, 2.75) is 52.3 Å². The van der Waals surface area contributed by atoms with Gasteiger partial charge in [-0.15, -0.1) is 0 Å². The van der Waals surface area contributed by atoms with E-state index in [1.807, 2.05) is 19.9 Å². The molecule has 0 radical (unpaired) electrons. The summed E-state index contributed by atoms with van der Waals surface area (Å²) in [5.74, 6) is 0.647. The lowest BCUT2D eigenvalue weighted by atomic mass is 10.1. The van der Waals surface area contributed by atoms with Crippen molar-refractivity contribution >= 4 is 5.91 Å². The monoisotopic (exact) mass is 329 g/mol. The molecule has 3 heterocycles. The van der Waals surface area contributed by atoms with Gasteiger partial charge in [0.15, 0.2) is 5.82 Å². The number of amides is 1. The van der Waals surface area contributed by atoms with Gasteiger partial charge in [0, 0.05) is 36.8 Å². The molecule has 7 nitrogen and oxygen atoms in total. The quantitative estimate of drug-likeness (QED) is 0.905. The number of hydrogen-bond donors (Lipinski definition) is 1. The number of hydrogen-bond acceptors (Lipinski definition) is 5. The van der Waals surface area contributed by atoms with Crippen molar-refractivity contribution in [1.29, 1.82) is 0 Å². The van der Waals surface area contributed by atoms with Crippen LogP contribution < -0.4 is 5.32 Å². The molecule has 24 heavy (non-hydrogen) atoms. The number of ether oxygens (including phenoxy) is 1. The third-order valence-electron chi connectivity index (χ3n) is 4.08. The summed E-state index contributed by atoms with van der Waals surface area (Å²) in [5.41, 5.74) is 2.76. The normalized spacial score (nSPS) is 17.7. The molecule has 1 amide bonds. The summed E-state index contributed by atoms with van der Waals surface area (Å²) >= 11 is 0. The molecule has 0 saturated carbocycles. The van der Waals surface area contributed by atoms with E-state index in [9.17, 15) is 4.79 Å². The molecule has 0 bridgehead atoms. The Morgan fingerprint density at radius 3 is 2.75 bits per heavy atom. The molecular formula is C17H23N5O2. The van der Waals surface area contributed by atoms with Crippen LogP contribution in [0.25, 0.3) is 0 Å². The zero-order valence-corrected chi connectivity index (χ0v) is 14.2. The Bertz CT molecular complexity index is 690. The second-order valence-corrected chi connectivity index (χ2v) is 6.17. The van der Waals surface area contributed by atoms with Crippen LogP contribution >= 0.6 is 0 Å². The van der Waals surface area contributed by atoms with Crippen molar-refractivity contribution in [1.82, 2.24) is 25.1 Å². The van der Waals surface area contributed by atoms with E-state index in [1.54, 1.807) is 17.1 Å². The summed E-state index contributed by atoms with van der Waals surface area (Å²) in [4.78, 5) is 20.8. The van der Waals surface area contributed by atoms with Crippen LogP contribution in [-0.4, -0.2) is 32.3 Å². The van der Waals surface area contributed by atoms with Crippen LogP contribution in [0.3, 0.4) is 0 Å². The summed E-state index contributed by atoms with van der Waals surface area (Å²) in [6, 6.07) is 1.95. The van der Waals surface area contributed by atoms with E-state index in [4.69, 9.17) is 4.74 Å². The maximum absolute atomic E-state index is 12.0. The van der Waals surface area contributed by atoms with Crippen molar-refractivity contribution in [3.05, 3.63) is 41.2 Å². The van der Waals surface area contributed by atoms with Gasteiger partial charge in [0.2, 0.25) is 5.91 Å². The first kappa shape index (κ1) is 16.6. The summed E-state index contributed by atoms with van der Waals surface area (Å²) in [6.07, 6.45) is 6.74. The predicted molar refractivity (Wildman–Crippen MR) is 88.1 cm³/mol. The zero-order chi connectivity index (χ0) is 16.9. The van der Waals surface area contributed by atoms with Gasteiger partial charge in [0.25, 0.3) is 0 Å². The molecule has 2 aromatic rings. The van der Waals surface area contributed by atoms with Gasteiger partial charge in [-0.2, -0.15) is 5.10 Å². The van der Waals surface area contributed by atoms with E-state index in [0.29, 0.717) is 6.54 Å². The minimum atomic E-state index is -0.0825. The van der Waals surface area contributed by atoms with Crippen LogP contribution in [0.15, 0.2) is 18.5 Å². The highest BCUT2D eigenvalue weighted by Crippen LogP contribution is 2.24. The molecule has 0 aliphatic carbocycles. The van der Waals surface area contributed by atoms with E-state index >= 15 is 0 Å². The number of aryl methyl sites for hydroxylation is 2. The fourth-order valence-electron chi connectivity index (χ4n) is 2.79. The minimum absolute atomic E-state index is 0.00780. The molecule has 1 unspecified atom stereocenters. The first-order chi connectivity index (χ1) is 11.6. The molecule has 1 N–H and O–H groups in total. The van der Waals surface area contributed by atoms with Crippen LogP contribution in [0, 0.1) is 13.8 Å². The third-order valence-corrected chi connectivity index (χ3v) is 4.08. The van der Waals surface area contributed by atoms with Crippen LogP contribution in [0.2, 0.25) is 0 Å². The van der Waals surface area contributed by atoms with Gasteiger partial charge in [-0.1, -0.05) is 0 Å². The number of nitrogens with one attached hydrogen (secondary N) is 1. The SMILES string of the molecule is Cc1cc(C)n(CC(=O)NCc2cnc(C3CCCCO3)nc2)n1. The zero-order valence-electron chi connectivity index (χ0n) is 14.2. The Morgan fingerprint density at radius 2 is 2.12 bits per heavy atom. The van der Waals surface area contributed by atoms with Crippen molar-refractivity contribution in [3.8, 4) is 0 Å². The van der Waals surface area contributed by atoms with Gasteiger partial charge >= 0.3 is 0 Å². The first-order valence-electron chi connectivity index (χ1n) is 8.32. The smallest absolute Gasteiger partial charge is 0.242 e. The maximum Gasteiger partial charge on any atom is 0.242 e. The largest absolute Gasteiger partial charge is 0.370 e. The van der Waals surface area contributed by atoms with Gasteiger partial charge < -0.3 is 10.1 Å². The fourth-order valence-corrected chi connectivity index (χ4v) is 2.79. The second-order valence-electron chi connectivity index (χ2n) is 6.17. The van der Waals surface area contributed by atoms with E-state index in [0.717, 1.165) is 48.6 Å². The Morgan fingerprint density at radius 1 is 1.33 bits per heavy atom. The molecule has 7 heteroatoms. The molecule has 3 rings (SSSR count). The number of rotatable bonds is 5. The summed E-state index contributed by atoms with van der Waals surface area (Å²) in [5, 5.41) is 7.16. The summed E-state index contributed by atoms with van der Waals surface area (Å²) < 4.78 is 7.38. The number of nitrogens with zero attached hydrogens (tertiary/aromatic N) is 4. The van der Waals surface area contributed by atoms with Crippen LogP contribution in [0.4, 0.5) is 0 Å². The summed E-state index contributed by atoms with van der Waals surface area (Å²) in [6.45, 7) is 5.25. The van der Waals surface area contributed by atoms with Gasteiger partial charge in [-0.05, 0) is 39.2 Å². The number of aromatic nitrogens is 4. The Labute approximate surface area is 141 Å². The van der Waals surface area contributed by atoms with Crippen molar-refractivity contribution < 1.29 is 9.53 Å². The van der Waals surface area contributed by atoms with Crippen LogP contribution in [-0.2, 0) is 22.6 Å². The molecule has 0 aromatic carbocycles. The standard InChI is InChI=1S/C17H23N5O2/c1-12-7-13(2)22(21-12)11-16(23)18-8-14-9-19-17(20-10-14)15-5-3-4-6-24-15/h7,9-10,15H,3-6,8,11H2,1-2H3,(H,18,23). The molecule has 0 spiro atoms. The van der Waals surface area contributed by atoms with Gasteiger partial charge in [0.1, 0.15) is 12.6 Å². The molecule has 2 aromatic heterocycles. The van der Waals surface area contributed by atoms with Crippen LogP contribution in [0.5, 0.6) is 0 Å². The lowest BCUT2D eigenvalue weighted by molar-refractivity contribution is -0.122. The average Bonchev–Trinajstić information content (AvgIpc) is 2.91. The molecule has 128 valence electrons. The van der Waals surface area contributed by atoms with Gasteiger partial charge in [0.05, 0.1) is 5.69 Å². The first-order valence-corrected chi connectivity index (χ1v) is 8.32. The minimum Gasteiger partial charge on any atom is -0.370 e. The Balaban J connectivity index is 1.50. The Kier molecular flexibility index (Phi) is 5.20. The van der Waals surface area contributed by atoms with E-state index < -0.39 is 0 Å². The summed E-state index contributed by atoms with van der Waals surface area (Å²) in [7, 11) is 0. The average molecular weight is 329 g/mol. The highest BCUT2D eigenvalue weighted by Gasteiger charge is 2.18. The predicted octanol–water partition coefficient (Wildman–Crippen LogP) is 1.85. The third kappa shape index (κ3) is 4.17. The fraction of sp³-hybridized carbons (Fsp3) is 0.529. The molecule has 1 aliphatic rings. The van der Waals surface area contributed by atoms with E-state index in [1.165, 1.54) is 0 Å². The molecular weight excluding hydrogens is 306 g/mol. The second kappa shape index (κ2) is 7.53. The highest BCUT2D eigenvalue weighted by atomic mass is 16.5. The maximum atomic E-state index is 12.0. The number of carbonyl (C=O) groups excluding carboxylic acids is 1.